The first-order chi connectivity index (χ1) is 8.81. The highest BCUT2D eigenvalue weighted by molar-refractivity contribution is 5.33. The number of nitrogens with one attached hydrogen (secondary N) is 1. The molecule has 1 aliphatic rings. The highest BCUT2D eigenvalue weighted by atomic mass is 16.5. The Hall–Kier alpha value is -1.20. The number of ether oxygens (including phenoxy) is 1. The predicted octanol–water partition coefficient (Wildman–Crippen LogP) is 0.990. The molecule has 18 heavy (non-hydrogen) atoms. The van der Waals surface area contributed by atoms with E-state index in [1.807, 2.05) is 19.2 Å². The van der Waals surface area contributed by atoms with Crippen molar-refractivity contribution in [2.75, 3.05) is 38.3 Å². The molecule has 0 radical (unpaired) electrons. The lowest BCUT2D eigenvalue weighted by molar-refractivity contribution is 0.199. The number of aryl methyl sites for hydroxylation is 1. The molecule has 1 aliphatic heterocycles. The van der Waals surface area contributed by atoms with Crippen molar-refractivity contribution in [3.8, 4) is 0 Å². The molecule has 0 aliphatic carbocycles. The van der Waals surface area contributed by atoms with Crippen molar-refractivity contribution in [3.63, 3.8) is 0 Å². The highest BCUT2D eigenvalue weighted by Crippen LogP contribution is 2.21. The van der Waals surface area contributed by atoms with Crippen LogP contribution in [-0.2, 0) is 4.74 Å². The summed E-state index contributed by atoms with van der Waals surface area (Å²) in [6.07, 6.45) is 4.26. The van der Waals surface area contributed by atoms with E-state index in [1.165, 1.54) is 12.8 Å². The Kier molecular flexibility index (Phi) is 4.90. The highest BCUT2D eigenvalue weighted by Gasteiger charge is 2.26. The van der Waals surface area contributed by atoms with Crippen LogP contribution >= 0.6 is 0 Å². The van der Waals surface area contributed by atoms with Crippen LogP contribution in [0.4, 0.5) is 5.95 Å². The van der Waals surface area contributed by atoms with Crippen molar-refractivity contribution >= 4 is 5.95 Å². The molecule has 0 aromatic carbocycles. The predicted molar refractivity (Wildman–Crippen MR) is 71.9 cm³/mol. The lowest BCUT2D eigenvalue weighted by Crippen LogP contribution is -2.39. The van der Waals surface area contributed by atoms with Crippen LogP contribution < -0.4 is 10.2 Å². The van der Waals surface area contributed by atoms with Crippen molar-refractivity contribution in [2.24, 2.45) is 0 Å². The zero-order valence-corrected chi connectivity index (χ0v) is 11.2. The zero-order chi connectivity index (χ0) is 12.8. The van der Waals surface area contributed by atoms with Crippen LogP contribution in [-0.4, -0.2) is 49.4 Å². The molecular weight excluding hydrogens is 228 g/mol. The summed E-state index contributed by atoms with van der Waals surface area (Å²) >= 11 is 0. The first-order valence-corrected chi connectivity index (χ1v) is 6.57. The monoisotopic (exact) mass is 250 g/mol. The van der Waals surface area contributed by atoms with Gasteiger partial charge in [0.15, 0.2) is 0 Å². The van der Waals surface area contributed by atoms with Crippen LogP contribution in [0.2, 0.25) is 0 Å². The second-order valence-electron chi connectivity index (χ2n) is 4.68. The van der Waals surface area contributed by atoms with Gasteiger partial charge in [-0.05, 0) is 25.8 Å². The van der Waals surface area contributed by atoms with Crippen LogP contribution in [0.5, 0.6) is 0 Å². The minimum absolute atomic E-state index is 0.503. The average molecular weight is 250 g/mol. The molecule has 1 N–H and O–H groups in total. The van der Waals surface area contributed by atoms with Gasteiger partial charge in [-0.25, -0.2) is 9.97 Å². The van der Waals surface area contributed by atoms with Gasteiger partial charge in [0.2, 0.25) is 5.95 Å². The topological polar surface area (TPSA) is 50.3 Å². The average Bonchev–Trinajstić information content (AvgIpc) is 2.83. The molecule has 1 aromatic rings. The number of aromatic nitrogens is 2. The van der Waals surface area contributed by atoms with E-state index in [0.29, 0.717) is 6.04 Å². The minimum atomic E-state index is 0.503. The van der Waals surface area contributed by atoms with Crippen LogP contribution in [0.15, 0.2) is 12.3 Å². The smallest absolute Gasteiger partial charge is 0.225 e. The summed E-state index contributed by atoms with van der Waals surface area (Å²) in [5.74, 6) is 0.867. The lowest BCUT2D eigenvalue weighted by Gasteiger charge is -2.25. The molecule has 2 heterocycles. The number of rotatable bonds is 6. The van der Waals surface area contributed by atoms with E-state index in [4.69, 9.17) is 4.74 Å². The SMILES string of the molecule is COCCNCC1CCCN1c1nccc(C)n1. The van der Waals surface area contributed by atoms with Gasteiger partial charge in [-0.2, -0.15) is 0 Å². The summed E-state index contributed by atoms with van der Waals surface area (Å²) in [4.78, 5) is 11.2. The fourth-order valence-electron chi connectivity index (χ4n) is 2.33. The van der Waals surface area contributed by atoms with Gasteiger partial charge >= 0.3 is 0 Å². The third-order valence-electron chi connectivity index (χ3n) is 3.28. The normalized spacial score (nSPS) is 19.4. The molecule has 0 amide bonds. The number of nitrogens with zero attached hydrogens (tertiary/aromatic N) is 3. The van der Waals surface area contributed by atoms with Gasteiger partial charge in [0, 0.05) is 44.7 Å². The number of anilines is 1. The second-order valence-corrected chi connectivity index (χ2v) is 4.68. The molecular formula is C13H22N4O. The summed E-state index contributed by atoms with van der Waals surface area (Å²) in [6, 6.07) is 2.44. The van der Waals surface area contributed by atoms with E-state index >= 15 is 0 Å². The largest absolute Gasteiger partial charge is 0.383 e. The molecule has 100 valence electrons. The Morgan fingerprint density at radius 2 is 2.44 bits per heavy atom. The van der Waals surface area contributed by atoms with Crippen LogP contribution in [0.3, 0.4) is 0 Å². The Morgan fingerprint density at radius 3 is 3.22 bits per heavy atom. The first-order valence-electron chi connectivity index (χ1n) is 6.57. The molecule has 0 spiro atoms. The van der Waals surface area contributed by atoms with Gasteiger partial charge in [0.1, 0.15) is 0 Å². The summed E-state index contributed by atoms with van der Waals surface area (Å²) in [6.45, 7) is 5.69. The van der Waals surface area contributed by atoms with Gasteiger partial charge in [0.25, 0.3) is 0 Å². The maximum Gasteiger partial charge on any atom is 0.225 e. The minimum Gasteiger partial charge on any atom is -0.383 e. The van der Waals surface area contributed by atoms with Gasteiger partial charge in [-0.1, -0.05) is 0 Å². The van der Waals surface area contributed by atoms with E-state index in [1.54, 1.807) is 7.11 Å². The van der Waals surface area contributed by atoms with Crippen molar-refractivity contribution in [1.82, 2.24) is 15.3 Å². The van der Waals surface area contributed by atoms with E-state index in [9.17, 15) is 0 Å². The first kappa shape index (κ1) is 13.2. The van der Waals surface area contributed by atoms with Crippen LogP contribution in [0.25, 0.3) is 0 Å². The van der Waals surface area contributed by atoms with Crippen molar-refractivity contribution in [3.05, 3.63) is 18.0 Å². The quantitative estimate of drug-likeness (QED) is 0.763. The number of hydrogen-bond acceptors (Lipinski definition) is 5. The Labute approximate surface area is 109 Å². The molecule has 1 aromatic heterocycles. The van der Waals surface area contributed by atoms with E-state index in [0.717, 1.165) is 37.9 Å². The summed E-state index contributed by atoms with van der Waals surface area (Å²) in [5, 5.41) is 3.42. The van der Waals surface area contributed by atoms with E-state index in [-0.39, 0.29) is 0 Å². The van der Waals surface area contributed by atoms with Crippen molar-refractivity contribution in [2.45, 2.75) is 25.8 Å². The van der Waals surface area contributed by atoms with Gasteiger partial charge in [-0.15, -0.1) is 0 Å². The fourth-order valence-corrected chi connectivity index (χ4v) is 2.33. The van der Waals surface area contributed by atoms with Gasteiger partial charge < -0.3 is 15.0 Å². The Morgan fingerprint density at radius 1 is 1.56 bits per heavy atom. The Balaban J connectivity index is 1.91. The lowest BCUT2D eigenvalue weighted by atomic mass is 10.2. The molecule has 0 saturated carbocycles. The van der Waals surface area contributed by atoms with Crippen molar-refractivity contribution < 1.29 is 4.74 Å². The third kappa shape index (κ3) is 3.40. The summed E-state index contributed by atoms with van der Waals surface area (Å²) < 4.78 is 5.03. The van der Waals surface area contributed by atoms with E-state index < -0.39 is 0 Å². The number of hydrogen-bond donors (Lipinski definition) is 1. The summed E-state index contributed by atoms with van der Waals surface area (Å²) in [7, 11) is 1.73. The van der Waals surface area contributed by atoms with Gasteiger partial charge in [0.05, 0.1) is 6.61 Å². The third-order valence-corrected chi connectivity index (χ3v) is 3.28. The molecule has 1 unspecified atom stereocenters. The van der Waals surface area contributed by atoms with Gasteiger partial charge in [-0.3, -0.25) is 0 Å². The number of methoxy groups -OCH3 is 1. The molecule has 1 atom stereocenters. The second kappa shape index (κ2) is 6.66. The summed E-state index contributed by atoms with van der Waals surface area (Å²) in [5.41, 5.74) is 1.03. The molecule has 1 saturated heterocycles. The molecule has 5 nitrogen and oxygen atoms in total. The molecule has 0 bridgehead atoms. The molecule has 2 rings (SSSR count). The van der Waals surface area contributed by atoms with Crippen LogP contribution in [0, 0.1) is 6.92 Å². The molecule has 1 fully saturated rings. The van der Waals surface area contributed by atoms with Crippen molar-refractivity contribution in [1.29, 1.82) is 0 Å². The standard InChI is InChI=1S/C13H22N4O/c1-11-5-6-15-13(16-11)17-8-3-4-12(17)10-14-7-9-18-2/h5-6,12,14H,3-4,7-10H2,1-2H3. The Bertz CT molecular complexity index is 372. The maximum absolute atomic E-state index is 5.03. The maximum atomic E-state index is 5.03. The zero-order valence-electron chi connectivity index (χ0n) is 11.2. The van der Waals surface area contributed by atoms with Crippen LogP contribution in [0.1, 0.15) is 18.5 Å². The van der Waals surface area contributed by atoms with E-state index in [2.05, 4.69) is 20.2 Å². The molecule has 5 heteroatoms. The fraction of sp³-hybridized carbons (Fsp3) is 0.692.